The fraction of sp³-hybridized carbons (Fsp3) is 0.333. The number of halogens is 1. The van der Waals surface area contributed by atoms with Gasteiger partial charge in [-0.05, 0) is 37.3 Å². The van der Waals surface area contributed by atoms with E-state index in [2.05, 4.69) is 14.9 Å². The van der Waals surface area contributed by atoms with Crippen molar-refractivity contribution in [3.05, 3.63) is 64.8 Å². The van der Waals surface area contributed by atoms with E-state index in [1.54, 1.807) is 18.3 Å². The van der Waals surface area contributed by atoms with Crippen LogP contribution in [-0.4, -0.2) is 76.8 Å². The summed E-state index contributed by atoms with van der Waals surface area (Å²) in [5.74, 6) is 0.931. The summed E-state index contributed by atoms with van der Waals surface area (Å²) < 4.78 is 0. The second kappa shape index (κ2) is 8.48. The summed E-state index contributed by atoms with van der Waals surface area (Å²) >= 11 is 6.03. The first-order valence-electron chi connectivity index (χ1n) is 10.8. The molecule has 5 rings (SSSR count). The predicted octanol–water partition coefficient (Wildman–Crippen LogP) is 2.81. The molecule has 0 bridgehead atoms. The van der Waals surface area contributed by atoms with E-state index in [1.807, 2.05) is 47.1 Å². The van der Waals surface area contributed by atoms with Crippen molar-refractivity contribution in [2.24, 2.45) is 0 Å². The first-order chi connectivity index (χ1) is 15.5. The molecule has 2 fully saturated rings. The van der Waals surface area contributed by atoms with Crippen molar-refractivity contribution in [1.29, 1.82) is 0 Å². The third-order valence-electron chi connectivity index (χ3n) is 6.27. The Kier molecular flexibility index (Phi) is 5.53. The lowest BCUT2D eigenvalue weighted by atomic mass is 10.1. The highest BCUT2D eigenvalue weighted by atomic mass is 35.5. The number of rotatable bonds is 3. The Morgan fingerprint density at radius 2 is 1.78 bits per heavy atom. The predicted molar refractivity (Wildman–Crippen MR) is 124 cm³/mol. The molecule has 0 spiro atoms. The number of ketones is 1. The summed E-state index contributed by atoms with van der Waals surface area (Å²) in [4.78, 5) is 40.8. The van der Waals surface area contributed by atoms with Crippen LogP contribution in [0.15, 0.2) is 48.7 Å². The molecular weight excluding hydrogens is 426 g/mol. The molecule has 2 aromatic carbocycles. The first kappa shape index (κ1) is 20.8. The molecule has 1 aromatic heterocycles. The highest BCUT2D eigenvalue weighted by Crippen LogP contribution is 2.23. The van der Waals surface area contributed by atoms with Gasteiger partial charge in [-0.1, -0.05) is 29.3 Å². The van der Waals surface area contributed by atoms with E-state index in [0.29, 0.717) is 55.7 Å². The van der Waals surface area contributed by atoms with Gasteiger partial charge in [0.15, 0.2) is 5.78 Å². The van der Waals surface area contributed by atoms with Gasteiger partial charge >= 0.3 is 0 Å². The maximum atomic E-state index is 12.8. The van der Waals surface area contributed by atoms with Crippen LogP contribution in [0.5, 0.6) is 0 Å². The number of amides is 1. The third kappa shape index (κ3) is 4.06. The number of aromatic nitrogens is 2. The Bertz CT molecular complexity index is 1170. The Balaban J connectivity index is 1.23. The van der Waals surface area contributed by atoms with Crippen LogP contribution in [0.4, 0.5) is 5.82 Å². The number of aryl methyl sites for hydroxylation is 1. The molecule has 3 aromatic rings. The molecule has 164 valence electrons. The van der Waals surface area contributed by atoms with Gasteiger partial charge in [0.05, 0.1) is 29.8 Å². The van der Waals surface area contributed by atoms with Crippen molar-refractivity contribution >= 4 is 40.1 Å². The fourth-order valence-electron chi connectivity index (χ4n) is 4.40. The normalized spacial score (nSPS) is 19.7. The zero-order valence-electron chi connectivity index (χ0n) is 17.9. The number of carbonyl (C=O) groups excluding carboxylic acids is 2. The number of hydrogen-bond acceptors (Lipinski definition) is 6. The smallest absolute Gasteiger partial charge is 0.253 e. The van der Waals surface area contributed by atoms with E-state index >= 15 is 0 Å². The summed E-state index contributed by atoms with van der Waals surface area (Å²) in [7, 11) is 0. The standard InChI is InChI=1S/C24H24ClN5O2/c1-16-2-4-17(5-3-16)24(32)29-10-8-28(9-11-29)21-14-30(15-22(21)31)23-13-26-20-12-18(25)6-7-19(20)27-23/h2-7,12-13,21H,8-11,14-15H2,1H3/t21-/m0/s1. The summed E-state index contributed by atoms with van der Waals surface area (Å²) in [5.41, 5.74) is 3.34. The molecule has 7 nitrogen and oxygen atoms in total. The largest absolute Gasteiger partial charge is 0.346 e. The van der Waals surface area contributed by atoms with Crippen LogP contribution in [0.1, 0.15) is 15.9 Å². The number of hydrogen-bond donors (Lipinski definition) is 0. The quantitative estimate of drug-likeness (QED) is 0.612. The van der Waals surface area contributed by atoms with Crippen LogP contribution in [0, 0.1) is 6.92 Å². The van der Waals surface area contributed by atoms with Crippen LogP contribution >= 0.6 is 11.6 Å². The van der Waals surface area contributed by atoms with E-state index in [4.69, 9.17) is 11.6 Å². The summed E-state index contributed by atoms with van der Waals surface area (Å²) in [5, 5.41) is 0.621. The number of benzene rings is 2. The van der Waals surface area contributed by atoms with Crippen molar-refractivity contribution in [3.8, 4) is 0 Å². The Labute approximate surface area is 191 Å². The van der Waals surface area contributed by atoms with Gasteiger partial charge in [-0.2, -0.15) is 0 Å². The van der Waals surface area contributed by atoms with Gasteiger partial charge in [-0.15, -0.1) is 0 Å². The molecule has 0 N–H and O–H groups in total. The molecule has 2 aliphatic rings. The van der Waals surface area contributed by atoms with Crippen LogP contribution in [0.2, 0.25) is 5.02 Å². The number of Topliss-reactive ketones (excluding diaryl/α,β-unsaturated/α-hetero) is 1. The average Bonchev–Trinajstić information content (AvgIpc) is 3.20. The van der Waals surface area contributed by atoms with Gasteiger partial charge < -0.3 is 9.80 Å². The van der Waals surface area contributed by atoms with Crippen LogP contribution in [0.3, 0.4) is 0 Å². The van der Waals surface area contributed by atoms with Gasteiger partial charge in [-0.3, -0.25) is 19.5 Å². The molecule has 0 saturated carbocycles. The lowest BCUT2D eigenvalue weighted by Crippen LogP contribution is -2.54. The number of carbonyl (C=O) groups is 2. The second-order valence-corrected chi connectivity index (χ2v) is 8.85. The molecule has 3 heterocycles. The van der Waals surface area contributed by atoms with Crippen LogP contribution in [0.25, 0.3) is 11.0 Å². The average molecular weight is 450 g/mol. The van der Waals surface area contributed by atoms with Crippen LogP contribution in [-0.2, 0) is 4.79 Å². The minimum absolute atomic E-state index is 0.0515. The molecule has 0 aliphatic carbocycles. The molecule has 0 radical (unpaired) electrons. The summed E-state index contributed by atoms with van der Waals surface area (Å²) in [6.07, 6.45) is 1.70. The van der Waals surface area contributed by atoms with Gasteiger partial charge in [0, 0.05) is 43.3 Å². The van der Waals surface area contributed by atoms with Crippen molar-refractivity contribution in [1.82, 2.24) is 19.8 Å². The number of nitrogens with zero attached hydrogens (tertiary/aromatic N) is 5. The Morgan fingerprint density at radius 3 is 2.53 bits per heavy atom. The number of fused-ring (bicyclic) bond motifs is 1. The molecule has 32 heavy (non-hydrogen) atoms. The minimum atomic E-state index is -0.186. The zero-order valence-corrected chi connectivity index (χ0v) is 18.6. The molecule has 2 aliphatic heterocycles. The monoisotopic (exact) mass is 449 g/mol. The lowest BCUT2D eigenvalue weighted by Gasteiger charge is -2.37. The van der Waals surface area contributed by atoms with E-state index in [1.165, 1.54) is 0 Å². The summed E-state index contributed by atoms with van der Waals surface area (Å²) in [6.45, 7) is 5.51. The van der Waals surface area contributed by atoms with Crippen molar-refractivity contribution in [3.63, 3.8) is 0 Å². The number of anilines is 1. The third-order valence-corrected chi connectivity index (χ3v) is 6.50. The highest BCUT2D eigenvalue weighted by Gasteiger charge is 2.37. The minimum Gasteiger partial charge on any atom is -0.346 e. The molecule has 1 amide bonds. The number of piperazine rings is 1. The first-order valence-corrected chi connectivity index (χ1v) is 11.2. The fourth-order valence-corrected chi connectivity index (χ4v) is 4.57. The van der Waals surface area contributed by atoms with Crippen molar-refractivity contribution in [2.45, 2.75) is 13.0 Å². The maximum Gasteiger partial charge on any atom is 0.253 e. The second-order valence-electron chi connectivity index (χ2n) is 8.42. The van der Waals surface area contributed by atoms with Crippen molar-refractivity contribution in [2.75, 3.05) is 44.2 Å². The molecule has 0 unspecified atom stereocenters. The molecule has 2 saturated heterocycles. The van der Waals surface area contributed by atoms with Gasteiger partial charge in [0.2, 0.25) is 0 Å². The van der Waals surface area contributed by atoms with E-state index in [-0.39, 0.29) is 17.7 Å². The topological polar surface area (TPSA) is 69.6 Å². The van der Waals surface area contributed by atoms with Gasteiger partial charge in [-0.25, -0.2) is 4.98 Å². The Morgan fingerprint density at radius 1 is 1.03 bits per heavy atom. The van der Waals surface area contributed by atoms with E-state index in [0.717, 1.165) is 16.6 Å². The summed E-state index contributed by atoms with van der Waals surface area (Å²) in [6, 6.07) is 12.9. The van der Waals surface area contributed by atoms with Crippen LogP contribution < -0.4 is 4.90 Å². The van der Waals surface area contributed by atoms with Gasteiger partial charge in [0.1, 0.15) is 5.82 Å². The van der Waals surface area contributed by atoms with E-state index < -0.39 is 0 Å². The molecular formula is C24H24ClN5O2. The highest BCUT2D eigenvalue weighted by molar-refractivity contribution is 6.31. The van der Waals surface area contributed by atoms with Gasteiger partial charge in [0.25, 0.3) is 5.91 Å². The molecule has 8 heteroatoms. The zero-order chi connectivity index (χ0) is 22.2. The van der Waals surface area contributed by atoms with Crippen molar-refractivity contribution < 1.29 is 9.59 Å². The Hall–Kier alpha value is -3.03. The molecule has 1 atom stereocenters. The van der Waals surface area contributed by atoms with E-state index in [9.17, 15) is 9.59 Å². The lowest BCUT2D eigenvalue weighted by molar-refractivity contribution is -0.121. The maximum absolute atomic E-state index is 12.8. The SMILES string of the molecule is Cc1ccc(C(=O)N2CCN([C@H]3CN(c4cnc5cc(Cl)ccc5n4)CC3=O)CC2)cc1.